The van der Waals surface area contributed by atoms with Gasteiger partial charge in [0.25, 0.3) is 5.97 Å². The maximum absolute atomic E-state index is 10.3. The van der Waals surface area contributed by atoms with Gasteiger partial charge in [0.1, 0.15) is 12.1 Å². The van der Waals surface area contributed by atoms with Crippen molar-refractivity contribution in [3.63, 3.8) is 0 Å². The molecular formula is C14H22N6O6. The van der Waals surface area contributed by atoms with Gasteiger partial charge >= 0.3 is 11.9 Å². The van der Waals surface area contributed by atoms with E-state index in [0.717, 1.165) is 18.3 Å². The summed E-state index contributed by atoms with van der Waals surface area (Å²) in [6.07, 6.45) is 6.67. The number of hydrogen-bond donors (Lipinski definition) is 7. The third-order valence-electron chi connectivity index (χ3n) is 2.62. The van der Waals surface area contributed by atoms with E-state index in [1.807, 2.05) is 0 Å². The van der Waals surface area contributed by atoms with Gasteiger partial charge in [-0.3, -0.25) is 14.4 Å². The van der Waals surface area contributed by atoms with E-state index in [-0.39, 0.29) is 12.8 Å². The Morgan fingerprint density at radius 3 is 1.42 bits per heavy atom. The van der Waals surface area contributed by atoms with E-state index < -0.39 is 30.0 Å². The van der Waals surface area contributed by atoms with Crippen LogP contribution in [0.4, 0.5) is 0 Å². The van der Waals surface area contributed by atoms with Crippen LogP contribution in [-0.2, 0) is 27.2 Å². The van der Waals surface area contributed by atoms with E-state index in [4.69, 9.17) is 31.6 Å². The molecule has 12 heteroatoms. The van der Waals surface area contributed by atoms with Gasteiger partial charge in [-0.2, -0.15) is 0 Å². The number of nitrogens with two attached hydrogens (primary N) is 2. The van der Waals surface area contributed by atoms with Gasteiger partial charge in [-0.05, 0) is 0 Å². The number of nitrogens with one attached hydrogen (secondary N) is 2. The number of hydrogen-bond acceptors (Lipinski definition) is 7. The maximum Gasteiger partial charge on any atom is 0.320 e. The fourth-order valence-corrected chi connectivity index (χ4v) is 1.44. The van der Waals surface area contributed by atoms with Crippen molar-refractivity contribution in [3.8, 4) is 0 Å². The van der Waals surface area contributed by atoms with Crippen molar-refractivity contribution >= 4 is 17.9 Å². The van der Waals surface area contributed by atoms with Crippen LogP contribution in [-0.4, -0.2) is 65.2 Å². The molecule has 2 atom stereocenters. The first-order chi connectivity index (χ1) is 12.1. The Balaban J connectivity index is 0.000000401. The summed E-state index contributed by atoms with van der Waals surface area (Å²) in [7, 11) is 0. The van der Waals surface area contributed by atoms with Gasteiger partial charge in [0.2, 0.25) is 0 Å². The Hall–Kier alpha value is -3.25. The van der Waals surface area contributed by atoms with Crippen LogP contribution < -0.4 is 11.5 Å². The van der Waals surface area contributed by atoms with Crippen LogP contribution in [0.2, 0.25) is 0 Å². The van der Waals surface area contributed by atoms with Crippen molar-refractivity contribution in [2.45, 2.75) is 31.8 Å². The number of carbonyl (C=O) groups is 3. The van der Waals surface area contributed by atoms with Gasteiger partial charge < -0.3 is 36.8 Å². The summed E-state index contributed by atoms with van der Waals surface area (Å²) < 4.78 is 0. The maximum atomic E-state index is 10.3. The highest BCUT2D eigenvalue weighted by Gasteiger charge is 2.12. The monoisotopic (exact) mass is 370 g/mol. The fraction of sp³-hybridized carbons (Fsp3) is 0.357. The number of H-pyrrole nitrogens is 2. The lowest BCUT2D eigenvalue weighted by atomic mass is 10.2. The van der Waals surface area contributed by atoms with Crippen molar-refractivity contribution in [2.24, 2.45) is 11.5 Å². The van der Waals surface area contributed by atoms with Gasteiger partial charge in [-0.25, -0.2) is 9.97 Å². The van der Waals surface area contributed by atoms with Crippen LogP contribution in [0.5, 0.6) is 0 Å². The van der Waals surface area contributed by atoms with E-state index >= 15 is 0 Å². The van der Waals surface area contributed by atoms with Gasteiger partial charge in [-0.15, -0.1) is 0 Å². The molecule has 0 aliphatic heterocycles. The Morgan fingerprint density at radius 2 is 1.23 bits per heavy atom. The zero-order valence-corrected chi connectivity index (χ0v) is 14.0. The lowest BCUT2D eigenvalue weighted by Gasteiger charge is -2.02. The summed E-state index contributed by atoms with van der Waals surface area (Å²) in [5.74, 6) is -2.83. The predicted molar refractivity (Wildman–Crippen MR) is 89.1 cm³/mol. The molecule has 0 spiro atoms. The summed E-state index contributed by atoms with van der Waals surface area (Å²) in [5.41, 5.74) is 12.0. The number of aromatic nitrogens is 4. The van der Waals surface area contributed by atoms with E-state index in [0.29, 0.717) is 0 Å². The van der Waals surface area contributed by atoms with Gasteiger partial charge in [0.15, 0.2) is 0 Å². The van der Waals surface area contributed by atoms with Crippen LogP contribution >= 0.6 is 0 Å². The van der Waals surface area contributed by atoms with Crippen molar-refractivity contribution in [2.75, 3.05) is 0 Å². The number of aliphatic carboxylic acids is 3. The SMILES string of the molecule is CC(=O)O.NC(Cc1cnc[nH]1)C(=O)O.NC(Cc1cnc[nH]1)C(=O)O. The first-order valence-corrected chi connectivity index (χ1v) is 7.24. The smallest absolute Gasteiger partial charge is 0.320 e. The molecule has 12 nitrogen and oxygen atoms in total. The molecule has 2 unspecified atom stereocenters. The largest absolute Gasteiger partial charge is 0.481 e. The van der Waals surface area contributed by atoms with Crippen molar-refractivity contribution in [1.29, 1.82) is 0 Å². The number of carboxylic acids is 3. The molecule has 2 rings (SSSR count). The summed E-state index contributed by atoms with van der Waals surface area (Å²) >= 11 is 0. The summed E-state index contributed by atoms with van der Waals surface area (Å²) in [6, 6.07) is -1.70. The number of nitrogens with zero attached hydrogens (tertiary/aromatic N) is 2. The molecule has 0 radical (unpaired) electrons. The Labute approximate surface area is 148 Å². The molecule has 26 heavy (non-hydrogen) atoms. The summed E-state index contributed by atoms with van der Waals surface area (Å²) in [4.78, 5) is 42.5. The number of carboxylic acid groups (broad SMARTS) is 3. The van der Waals surface area contributed by atoms with Crippen LogP contribution in [0.3, 0.4) is 0 Å². The highest BCUT2D eigenvalue weighted by atomic mass is 16.4. The van der Waals surface area contributed by atoms with E-state index in [9.17, 15) is 9.59 Å². The zero-order chi connectivity index (χ0) is 20.1. The van der Waals surface area contributed by atoms with Gasteiger partial charge in [-0.1, -0.05) is 0 Å². The number of imidazole rings is 2. The highest BCUT2D eigenvalue weighted by molar-refractivity contribution is 5.73. The van der Waals surface area contributed by atoms with Crippen LogP contribution in [0.15, 0.2) is 25.0 Å². The number of rotatable bonds is 6. The molecule has 2 aromatic rings. The first kappa shape index (κ1) is 22.8. The quantitative estimate of drug-likeness (QED) is 0.322. The zero-order valence-electron chi connectivity index (χ0n) is 14.0. The summed E-state index contributed by atoms with van der Waals surface area (Å²) in [5, 5.41) is 24.3. The van der Waals surface area contributed by atoms with E-state index in [1.54, 1.807) is 12.4 Å². The third kappa shape index (κ3) is 11.3. The second-order valence-electron chi connectivity index (χ2n) is 4.97. The van der Waals surface area contributed by atoms with Crippen molar-refractivity contribution < 1.29 is 29.7 Å². The molecule has 2 heterocycles. The second-order valence-corrected chi connectivity index (χ2v) is 4.97. The molecule has 0 aromatic carbocycles. The third-order valence-corrected chi connectivity index (χ3v) is 2.62. The molecule has 2 aromatic heterocycles. The second kappa shape index (κ2) is 12.2. The van der Waals surface area contributed by atoms with Crippen LogP contribution in [0.1, 0.15) is 18.3 Å². The molecule has 9 N–H and O–H groups in total. The highest BCUT2D eigenvalue weighted by Crippen LogP contribution is 1.96. The average molecular weight is 370 g/mol. The molecule has 0 aliphatic rings. The lowest BCUT2D eigenvalue weighted by molar-refractivity contribution is -0.139. The minimum Gasteiger partial charge on any atom is -0.481 e. The van der Waals surface area contributed by atoms with E-state index in [1.165, 1.54) is 12.7 Å². The Bertz CT molecular complexity index is 601. The Morgan fingerprint density at radius 1 is 0.923 bits per heavy atom. The average Bonchev–Trinajstić information content (AvgIpc) is 3.20. The van der Waals surface area contributed by atoms with E-state index in [2.05, 4.69) is 19.9 Å². The standard InChI is InChI=1S/2C6H9N3O2.C2H4O2/c2*7-5(6(10)11)1-4-2-8-3-9-4;1-2(3)4/h2*2-3,5H,1,7H2,(H,8,9)(H,10,11);1H3,(H,3,4). The molecule has 0 saturated heterocycles. The minimum atomic E-state index is -1.00. The normalized spacial score (nSPS) is 11.8. The molecule has 0 bridgehead atoms. The van der Waals surface area contributed by atoms with Gasteiger partial charge in [0, 0.05) is 43.5 Å². The molecule has 0 aliphatic carbocycles. The molecule has 144 valence electrons. The van der Waals surface area contributed by atoms with Crippen LogP contribution in [0, 0.1) is 0 Å². The molecule has 0 fully saturated rings. The Kier molecular flexibility index (Phi) is 10.6. The van der Waals surface area contributed by atoms with Crippen molar-refractivity contribution in [3.05, 3.63) is 36.4 Å². The predicted octanol–water partition coefficient (Wildman–Crippen LogP) is -1.18. The fourth-order valence-electron chi connectivity index (χ4n) is 1.44. The lowest BCUT2D eigenvalue weighted by Crippen LogP contribution is -2.32. The molecule has 0 saturated carbocycles. The van der Waals surface area contributed by atoms with Crippen molar-refractivity contribution in [1.82, 2.24) is 19.9 Å². The minimum absolute atomic E-state index is 0.287. The first-order valence-electron chi connectivity index (χ1n) is 7.24. The topological polar surface area (TPSA) is 221 Å². The molecular weight excluding hydrogens is 348 g/mol. The van der Waals surface area contributed by atoms with Gasteiger partial charge in [0.05, 0.1) is 12.7 Å². The molecule has 0 amide bonds. The van der Waals surface area contributed by atoms with Crippen LogP contribution in [0.25, 0.3) is 0 Å². The summed E-state index contributed by atoms with van der Waals surface area (Å²) in [6.45, 7) is 1.08. The number of aromatic amines is 2.